The van der Waals surface area contributed by atoms with E-state index in [1.54, 1.807) is 6.07 Å². The van der Waals surface area contributed by atoms with Crippen LogP contribution in [0, 0.1) is 11.8 Å². The van der Waals surface area contributed by atoms with Crippen molar-refractivity contribution >= 4 is 17.7 Å². The molecule has 0 aliphatic carbocycles. The van der Waals surface area contributed by atoms with E-state index in [0.29, 0.717) is 23.9 Å². The summed E-state index contributed by atoms with van der Waals surface area (Å²) in [5.74, 6) is 0.876. The Labute approximate surface area is 130 Å². The Hall–Kier alpha value is -2.04. The first-order valence-electron chi connectivity index (χ1n) is 7.86. The quantitative estimate of drug-likeness (QED) is 0.867. The number of benzene rings is 1. The number of para-hydroxylation sites is 1. The smallest absolute Gasteiger partial charge is 0.412 e. The van der Waals surface area contributed by atoms with Crippen molar-refractivity contribution in [2.45, 2.75) is 32.7 Å². The monoisotopic (exact) mass is 302 g/mol. The maximum absolute atomic E-state index is 12.9. The molecule has 22 heavy (non-hydrogen) atoms. The second-order valence-corrected chi connectivity index (χ2v) is 6.69. The van der Waals surface area contributed by atoms with Crippen LogP contribution in [-0.4, -0.2) is 41.1 Å². The van der Waals surface area contributed by atoms with E-state index in [0.717, 1.165) is 25.1 Å². The van der Waals surface area contributed by atoms with Gasteiger partial charge in [0.25, 0.3) is 0 Å². The maximum atomic E-state index is 12.9. The second-order valence-electron chi connectivity index (χ2n) is 6.69. The molecule has 118 valence electrons. The molecule has 1 aromatic rings. The highest BCUT2D eigenvalue weighted by molar-refractivity contribution is 5.99. The number of rotatable bonds is 1. The molecule has 0 saturated carbocycles. The van der Waals surface area contributed by atoms with Crippen LogP contribution in [-0.2, 0) is 11.2 Å². The lowest BCUT2D eigenvalue weighted by molar-refractivity contribution is -0.135. The Kier molecular flexibility index (Phi) is 3.81. The summed E-state index contributed by atoms with van der Waals surface area (Å²) < 4.78 is 0. The Morgan fingerprint density at radius 2 is 1.77 bits per heavy atom. The van der Waals surface area contributed by atoms with Gasteiger partial charge in [-0.1, -0.05) is 32.0 Å². The van der Waals surface area contributed by atoms with E-state index in [9.17, 15) is 14.7 Å². The minimum absolute atomic E-state index is 0.0583. The van der Waals surface area contributed by atoms with Gasteiger partial charge in [-0.25, -0.2) is 4.79 Å². The summed E-state index contributed by atoms with van der Waals surface area (Å²) in [6.45, 7) is 5.75. The zero-order valence-corrected chi connectivity index (χ0v) is 13.0. The average Bonchev–Trinajstić information content (AvgIpc) is 2.84. The molecule has 1 saturated heterocycles. The van der Waals surface area contributed by atoms with E-state index in [1.165, 1.54) is 4.90 Å². The van der Waals surface area contributed by atoms with Crippen molar-refractivity contribution in [3.8, 4) is 0 Å². The summed E-state index contributed by atoms with van der Waals surface area (Å²) in [4.78, 5) is 27.6. The summed E-state index contributed by atoms with van der Waals surface area (Å²) in [6, 6.07) is 6.76. The molecule has 0 spiro atoms. The summed E-state index contributed by atoms with van der Waals surface area (Å²) in [6.07, 6.45) is 0.541. The highest BCUT2D eigenvalue weighted by Gasteiger charge is 2.41. The number of anilines is 1. The molecule has 2 unspecified atom stereocenters. The summed E-state index contributed by atoms with van der Waals surface area (Å²) in [5, 5.41) is 9.54. The van der Waals surface area contributed by atoms with Gasteiger partial charge in [-0.05, 0) is 29.9 Å². The van der Waals surface area contributed by atoms with E-state index >= 15 is 0 Å². The standard InChI is InChI=1S/C17H22N2O3/c1-11-7-12(2)10-18(9-11)16(20)15-8-13-5-3-4-6-14(13)19(15)17(21)22/h3-6,11-12,15H,7-10H2,1-2H3,(H,21,22)/t11?,12?,15-/m1/s1. The van der Waals surface area contributed by atoms with Gasteiger partial charge in [0.2, 0.25) is 5.91 Å². The van der Waals surface area contributed by atoms with E-state index in [2.05, 4.69) is 13.8 Å². The van der Waals surface area contributed by atoms with E-state index < -0.39 is 12.1 Å². The third-order valence-electron chi connectivity index (χ3n) is 4.65. The molecule has 0 bridgehead atoms. The summed E-state index contributed by atoms with van der Waals surface area (Å²) in [7, 11) is 0. The van der Waals surface area contributed by atoms with Gasteiger partial charge in [-0.3, -0.25) is 9.69 Å². The van der Waals surface area contributed by atoms with Crippen molar-refractivity contribution in [2.24, 2.45) is 11.8 Å². The average molecular weight is 302 g/mol. The number of nitrogens with zero attached hydrogens (tertiary/aromatic N) is 2. The number of fused-ring (bicyclic) bond motifs is 1. The first-order valence-corrected chi connectivity index (χ1v) is 7.86. The van der Waals surface area contributed by atoms with Gasteiger partial charge < -0.3 is 10.0 Å². The molecule has 2 aliphatic heterocycles. The number of hydrogen-bond acceptors (Lipinski definition) is 2. The zero-order valence-electron chi connectivity index (χ0n) is 13.0. The van der Waals surface area contributed by atoms with Crippen LogP contribution in [0.2, 0.25) is 0 Å². The fourth-order valence-electron chi connectivity index (χ4n) is 3.87. The van der Waals surface area contributed by atoms with Gasteiger partial charge in [0, 0.05) is 19.5 Å². The zero-order chi connectivity index (χ0) is 15.9. The normalized spacial score (nSPS) is 27.6. The predicted molar refractivity (Wildman–Crippen MR) is 84.0 cm³/mol. The van der Waals surface area contributed by atoms with Crippen molar-refractivity contribution in [1.29, 1.82) is 0 Å². The van der Waals surface area contributed by atoms with Crippen LogP contribution in [0.5, 0.6) is 0 Å². The molecule has 3 atom stereocenters. The van der Waals surface area contributed by atoms with Crippen LogP contribution >= 0.6 is 0 Å². The molecule has 5 heteroatoms. The van der Waals surface area contributed by atoms with Crippen LogP contribution in [0.4, 0.5) is 10.5 Å². The number of amides is 2. The minimum Gasteiger partial charge on any atom is -0.465 e. The van der Waals surface area contributed by atoms with Crippen molar-refractivity contribution < 1.29 is 14.7 Å². The number of carbonyl (C=O) groups is 2. The van der Waals surface area contributed by atoms with Crippen LogP contribution in [0.3, 0.4) is 0 Å². The molecule has 0 aromatic heterocycles. The van der Waals surface area contributed by atoms with Gasteiger partial charge in [0.15, 0.2) is 0 Å². The molecular formula is C17H22N2O3. The molecule has 2 heterocycles. The van der Waals surface area contributed by atoms with Crippen molar-refractivity contribution in [3.63, 3.8) is 0 Å². The van der Waals surface area contributed by atoms with Gasteiger partial charge >= 0.3 is 6.09 Å². The predicted octanol–water partition coefficient (Wildman–Crippen LogP) is 2.60. The van der Waals surface area contributed by atoms with E-state index in [4.69, 9.17) is 0 Å². The lowest BCUT2D eigenvalue weighted by Gasteiger charge is -2.37. The number of hydrogen-bond donors (Lipinski definition) is 1. The lowest BCUT2D eigenvalue weighted by atomic mass is 9.91. The van der Waals surface area contributed by atoms with Crippen LogP contribution in [0.1, 0.15) is 25.8 Å². The van der Waals surface area contributed by atoms with Gasteiger partial charge in [-0.15, -0.1) is 0 Å². The van der Waals surface area contributed by atoms with Gasteiger partial charge in [0.1, 0.15) is 6.04 Å². The number of piperidine rings is 1. The minimum atomic E-state index is -1.05. The fraction of sp³-hybridized carbons (Fsp3) is 0.529. The Morgan fingerprint density at radius 3 is 2.41 bits per heavy atom. The number of likely N-dealkylation sites (tertiary alicyclic amines) is 1. The molecule has 1 aromatic carbocycles. The van der Waals surface area contributed by atoms with Crippen LogP contribution < -0.4 is 4.90 Å². The van der Waals surface area contributed by atoms with Crippen molar-refractivity contribution in [1.82, 2.24) is 4.90 Å². The number of carbonyl (C=O) groups excluding carboxylic acids is 1. The molecule has 2 aliphatic rings. The second kappa shape index (κ2) is 5.63. The molecule has 1 fully saturated rings. The largest absolute Gasteiger partial charge is 0.465 e. The van der Waals surface area contributed by atoms with Crippen LogP contribution in [0.15, 0.2) is 24.3 Å². The Bertz CT molecular complexity index is 591. The van der Waals surface area contributed by atoms with Gasteiger partial charge in [0.05, 0.1) is 5.69 Å². The van der Waals surface area contributed by atoms with Gasteiger partial charge in [-0.2, -0.15) is 0 Å². The first-order chi connectivity index (χ1) is 10.5. The third kappa shape index (κ3) is 2.56. The summed E-state index contributed by atoms with van der Waals surface area (Å²) >= 11 is 0. The molecule has 1 N–H and O–H groups in total. The Morgan fingerprint density at radius 1 is 1.14 bits per heavy atom. The fourth-order valence-corrected chi connectivity index (χ4v) is 3.87. The van der Waals surface area contributed by atoms with Crippen molar-refractivity contribution in [3.05, 3.63) is 29.8 Å². The van der Waals surface area contributed by atoms with E-state index in [-0.39, 0.29) is 5.91 Å². The highest BCUT2D eigenvalue weighted by Crippen LogP contribution is 2.33. The molecule has 2 amide bonds. The Balaban J connectivity index is 1.85. The first kappa shape index (κ1) is 14.9. The molecule has 3 rings (SSSR count). The topological polar surface area (TPSA) is 60.9 Å². The van der Waals surface area contributed by atoms with Crippen LogP contribution in [0.25, 0.3) is 0 Å². The number of carboxylic acid groups (broad SMARTS) is 1. The third-order valence-corrected chi connectivity index (χ3v) is 4.65. The van der Waals surface area contributed by atoms with Crippen molar-refractivity contribution in [2.75, 3.05) is 18.0 Å². The molecule has 0 radical (unpaired) electrons. The summed E-state index contributed by atoms with van der Waals surface area (Å²) in [5.41, 5.74) is 1.58. The maximum Gasteiger partial charge on any atom is 0.412 e. The molecular weight excluding hydrogens is 280 g/mol. The lowest BCUT2D eigenvalue weighted by Crippen LogP contribution is -2.52. The van der Waals surface area contributed by atoms with E-state index in [1.807, 2.05) is 23.1 Å². The molecule has 5 nitrogen and oxygen atoms in total. The highest BCUT2D eigenvalue weighted by atomic mass is 16.4. The SMILES string of the molecule is CC1CC(C)CN(C(=O)[C@H]2Cc3ccccc3N2C(=O)O)C1.